The van der Waals surface area contributed by atoms with E-state index in [1.165, 1.54) is 13.3 Å². The predicted octanol–water partition coefficient (Wildman–Crippen LogP) is 5.82. The van der Waals surface area contributed by atoms with E-state index in [1.807, 2.05) is 48.5 Å². The molecule has 0 spiro atoms. The Morgan fingerprint density at radius 3 is 1.79 bits per heavy atom. The monoisotopic (exact) mass is 456 g/mol. The van der Waals surface area contributed by atoms with Crippen LogP contribution in [0.15, 0.2) is 73.8 Å². The molecule has 33 heavy (non-hydrogen) atoms. The highest BCUT2D eigenvalue weighted by Gasteiger charge is 2.61. The van der Waals surface area contributed by atoms with Crippen LogP contribution in [-0.2, 0) is 24.7 Å². The molecule has 6 nitrogen and oxygen atoms in total. The van der Waals surface area contributed by atoms with Gasteiger partial charge in [0, 0.05) is 12.5 Å². The average molecular weight is 457 g/mol. The molecule has 1 N–H and O–H groups in total. The van der Waals surface area contributed by atoms with Crippen molar-refractivity contribution in [2.75, 3.05) is 6.61 Å². The lowest BCUT2D eigenvalue weighted by atomic mass is 9.96. The van der Waals surface area contributed by atoms with E-state index in [4.69, 9.17) is 14.6 Å². The summed E-state index contributed by atoms with van der Waals surface area (Å²) in [7, 11) is 0. The minimum atomic E-state index is -1.08. The van der Waals surface area contributed by atoms with Gasteiger partial charge in [0.1, 0.15) is 6.10 Å². The zero-order valence-corrected chi connectivity index (χ0v) is 20.1. The van der Waals surface area contributed by atoms with Crippen LogP contribution in [0.5, 0.6) is 0 Å². The van der Waals surface area contributed by atoms with Crippen molar-refractivity contribution in [3.63, 3.8) is 0 Å². The van der Waals surface area contributed by atoms with Crippen LogP contribution in [0.3, 0.4) is 0 Å². The topological polar surface area (TPSA) is 93.2 Å². The Hall–Kier alpha value is -3.25. The van der Waals surface area contributed by atoms with Crippen molar-refractivity contribution in [1.29, 1.82) is 0 Å². The first-order chi connectivity index (χ1) is 15.8. The van der Waals surface area contributed by atoms with Crippen LogP contribution >= 0.6 is 0 Å². The standard InChI is InChI=1S/C10H10O3.C8H8O.C7H14O2.C2H4/c1-7-10(13-7,9(11)12)8-5-3-2-4-6-8;1-7(9)8-5-3-2-4-6-8;1-3-4-5-6-9-7(2)8;1-2/h2-7H,1H3,(H,11,12);2-6H,1H3;3-6H2,1-2H3;1-2H2. The minimum absolute atomic E-state index is 0.121. The molecule has 6 heteroatoms. The quantitative estimate of drug-likeness (QED) is 0.186. The van der Waals surface area contributed by atoms with Gasteiger partial charge in [0.2, 0.25) is 5.60 Å². The number of Topliss-reactive ketones (excluding diaryl/α,β-unsaturated/α-hetero) is 1. The van der Waals surface area contributed by atoms with E-state index in [0.717, 1.165) is 24.0 Å². The summed E-state index contributed by atoms with van der Waals surface area (Å²) in [6.45, 7) is 13.5. The summed E-state index contributed by atoms with van der Waals surface area (Å²) in [6, 6.07) is 18.3. The fourth-order valence-electron chi connectivity index (χ4n) is 2.82. The van der Waals surface area contributed by atoms with Gasteiger partial charge < -0.3 is 14.6 Å². The second kappa shape index (κ2) is 16.4. The van der Waals surface area contributed by atoms with Crippen LogP contribution in [-0.4, -0.2) is 35.5 Å². The van der Waals surface area contributed by atoms with E-state index in [9.17, 15) is 14.4 Å². The number of carboxylic acid groups (broad SMARTS) is 1. The Morgan fingerprint density at radius 2 is 1.45 bits per heavy atom. The molecule has 0 bridgehead atoms. The summed E-state index contributed by atoms with van der Waals surface area (Å²) in [5.41, 5.74) is 0.411. The van der Waals surface area contributed by atoms with Crippen molar-refractivity contribution >= 4 is 17.7 Å². The normalized spacial score (nSPS) is 17.4. The minimum Gasteiger partial charge on any atom is -0.479 e. The number of epoxide rings is 1. The molecule has 0 aromatic heterocycles. The van der Waals surface area contributed by atoms with E-state index in [-0.39, 0.29) is 17.9 Å². The van der Waals surface area contributed by atoms with Crippen molar-refractivity contribution in [1.82, 2.24) is 0 Å². The highest BCUT2D eigenvalue weighted by molar-refractivity contribution is 5.93. The lowest BCUT2D eigenvalue weighted by molar-refractivity contribution is -0.143. The second-order valence-corrected chi connectivity index (χ2v) is 7.14. The number of esters is 1. The van der Waals surface area contributed by atoms with Crippen LogP contribution in [0.25, 0.3) is 0 Å². The third kappa shape index (κ3) is 10.7. The Balaban J connectivity index is 0.000000461. The maximum absolute atomic E-state index is 11.0. The van der Waals surface area contributed by atoms with Crippen LogP contribution in [0, 0.1) is 0 Å². The fourth-order valence-corrected chi connectivity index (χ4v) is 2.82. The van der Waals surface area contributed by atoms with Gasteiger partial charge in [0.25, 0.3) is 0 Å². The number of hydrogen-bond donors (Lipinski definition) is 1. The first kappa shape index (κ1) is 29.8. The van der Waals surface area contributed by atoms with Gasteiger partial charge in [-0.3, -0.25) is 9.59 Å². The van der Waals surface area contributed by atoms with Gasteiger partial charge in [0.15, 0.2) is 5.78 Å². The van der Waals surface area contributed by atoms with Gasteiger partial charge in [-0.2, -0.15) is 0 Å². The summed E-state index contributed by atoms with van der Waals surface area (Å²) < 4.78 is 9.86. The average Bonchev–Trinajstić information content (AvgIpc) is 3.52. The van der Waals surface area contributed by atoms with Crippen LogP contribution in [0.4, 0.5) is 0 Å². The van der Waals surface area contributed by atoms with Crippen molar-refractivity contribution in [2.45, 2.75) is 58.7 Å². The highest BCUT2D eigenvalue weighted by Crippen LogP contribution is 2.46. The van der Waals surface area contributed by atoms with E-state index < -0.39 is 11.6 Å². The number of ketones is 1. The van der Waals surface area contributed by atoms with Crippen molar-refractivity contribution in [3.8, 4) is 0 Å². The number of unbranched alkanes of at least 4 members (excludes halogenated alkanes) is 2. The first-order valence-corrected chi connectivity index (χ1v) is 10.9. The van der Waals surface area contributed by atoms with E-state index in [0.29, 0.717) is 6.61 Å². The second-order valence-electron chi connectivity index (χ2n) is 7.14. The summed E-state index contributed by atoms with van der Waals surface area (Å²) in [4.78, 5) is 31.8. The van der Waals surface area contributed by atoms with Gasteiger partial charge in [-0.25, -0.2) is 4.79 Å². The van der Waals surface area contributed by atoms with Crippen LogP contribution in [0.2, 0.25) is 0 Å². The number of rotatable bonds is 7. The molecule has 2 aromatic rings. The number of benzene rings is 2. The molecular formula is C27H36O6. The molecule has 1 heterocycles. The molecule has 2 atom stereocenters. The molecule has 1 fully saturated rings. The van der Waals surface area contributed by atoms with E-state index in [2.05, 4.69) is 20.1 Å². The Morgan fingerprint density at radius 1 is 0.970 bits per heavy atom. The third-order valence-corrected chi connectivity index (χ3v) is 4.63. The number of hydrogen-bond acceptors (Lipinski definition) is 5. The zero-order valence-electron chi connectivity index (χ0n) is 20.1. The van der Waals surface area contributed by atoms with Crippen LogP contribution < -0.4 is 0 Å². The summed E-state index contributed by atoms with van der Waals surface area (Å²) in [5.74, 6) is -0.965. The number of ether oxygens (including phenoxy) is 2. The predicted molar refractivity (Wildman–Crippen MR) is 130 cm³/mol. The summed E-state index contributed by atoms with van der Waals surface area (Å²) >= 11 is 0. The Labute approximate surface area is 197 Å². The van der Waals surface area contributed by atoms with E-state index >= 15 is 0 Å². The Bertz CT molecular complexity index is 834. The lowest BCUT2D eigenvalue weighted by Gasteiger charge is -2.06. The number of carboxylic acids is 1. The molecule has 2 unspecified atom stereocenters. The molecule has 0 radical (unpaired) electrons. The molecule has 1 aliphatic rings. The SMILES string of the molecule is C=C.CC(=O)c1ccccc1.CC1OC1(C(=O)O)c1ccccc1.CCCCCOC(C)=O. The molecule has 0 saturated carbocycles. The number of aliphatic carboxylic acids is 1. The van der Waals surface area contributed by atoms with Gasteiger partial charge in [0.05, 0.1) is 6.61 Å². The fraction of sp³-hybridized carbons (Fsp3) is 0.370. The summed E-state index contributed by atoms with van der Waals surface area (Å²) in [6.07, 6.45) is 3.08. The van der Waals surface area contributed by atoms with Crippen molar-refractivity contribution in [2.24, 2.45) is 0 Å². The maximum atomic E-state index is 11.0. The molecule has 180 valence electrons. The lowest BCUT2D eigenvalue weighted by Crippen LogP contribution is -2.23. The van der Waals surface area contributed by atoms with Crippen molar-refractivity contribution in [3.05, 3.63) is 84.9 Å². The van der Waals surface area contributed by atoms with Crippen molar-refractivity contribution < 1.29 is 29.0 Å². The number of carbonyl (C=O) groups is 3. The van der Waals surface area contributed by atoms with Gasteiger partial charge >= 0.3 is 11.9 Å². The molecular weight excluding hydrogens is 420 g/mol. The largest absolute Gasteiger partial charge is 0.479 e. The molecule has 3 rings (SSSR count). The Kier molecular flexibility index (Phi) is 14.8. The smallest absolute Gasteiger partial charge is 0.343 e. The van der Waals surface area contributed by atoms with Gasteiger partial charge in [-0.1, -0.05) is 80.4 Å². The summed E-state index contributed by atoms with van der Waals surface area (Å²) in [5, 5.41) is 9.00. The molecule has 0 aliphatic carbocycles. The third-order valence-electron chi connectivity index (χ3n) is 4.63. The molecule has 2 aromatic carbocycles. The van der Waals surface area contributed by atoms with Gasteiger partial charge in [-0.15, -0.1) is 13.2 Å². The molecule has 1 aliphatic heterocycles. The maximum Gasteiger partial charge on any atom is 0.343 e. The number of carbonyl (C=O) groups excluding carboxylic acids is 2. The van der Waals surface area contributed by atoms with E-state index in [1.54, 1.807) is 26.0 Å². The van der Waals surface area contributed by atoms with Gasteiger partial charge in [-0.05, 0) is 25.8 Å². The zero-order chi connectivity index (χ0) is 25.3. The molecule has 1 saturated heterocycles. The molecule has 0 amide bonds. The highest BCUT2D eigenvalue weighted by atomic mass is 16.6. The first-order valence-electron chi connectivity index (χ1n) is 10.9. The van der Waals surface area contributed by atoms with Crippen LogP contribution in [0.1, 0.15) is 62.9 Å².